The number of aliphatic hydroxyl groups is 1. The fraction of sp³-hybridized carbons (Fsp3) is 0.583. The van der Waals surface area contributed by atoms with Crippen LogP contribution in [0.15, 0.2) is 11.4 Å². The molecule has 0 aliphatic rings. The van der Waals surface area contributed by atoms with Crippen molar-refractivity contribution >= 4 is 17.3 Å². The van der Waals surface area contributed by atoms with E-state index in [0.29, 0.717) is 17.3 Å². The molecular formula is C12H19NO3S. The lowest BCUT2D eigenvalue weighted by molar-refractivity contribution is 0.0701. The van der Waals surface area contributed by atoms with E-state index in [9.17, 15) is 4.79 Å². The topological polar surface area (TPSA) is 69.6 Å². The molecule has 0 bridgehead atoms. The van der Waals surface area contributed by atoms with Crippen LogP contribution in [0.3, 0.4) is 0 Å². The molecule has 0 fully saturated rings. The summed E-state index contributed by atoms with van der Waals surface area (Å²) in [7, 11) is 0. The molecule has 3 N–H and O–H groups in total. The second-order valence-corrected chi connectivity index (χ2v) is 5.10. The molecule has 1 aromatic heterocycles. The number of carbonyl (C=O) groups is 1. The zero-order valence-electron chi connectivity index (χ0n) is 9.98. The fourth-order valence-electron chi connectivity index (χ4n) is 1.55. The summed E-state index contributed by atoms with van der Waals surface area (Å²) >= 11 is 1.26. The average molecular weight is 257 g/mol. The molecule has 0 saturated carbocycles. The summed E-state index contributed by atoms with van der Waals surface area (Å²) < 4.78 is 0. The number of hydrogen-bond donors (Lipinski definition) is 3. The molecule has 17 heavy (non-hydrogen) atoms. The first-order valence-corrected chi connectivity index (χ1v) is 6.64. The molecule has 96 valence electrons. The maximum atomic E-state index is 10.9. The fourth-order valence-corrected chi connectivity index (χ4v) is 2.31. The molecule has 0 aliphatic heterocycles. The van der Waals surface area contributed by atoms with Crippen molar-refractivity contribution in [3.8, 4) is 0 Å². The molecule has 4 nitrogen and oxygen atoms in total. The van der Waals surface area contributed by atoms with E-state index in [2.05, 4.69) is 5.32 Å². The molecule has 0 aromatic carbocycles. The molecule has 5 heteroatoms. The summed E-state index contributed by atoms with van der Waals surface area (Å²) in [5.74, 6) is -0.516. The molecule has 1 atom stereocenters. The Morgan fingerprint density at radius 3 is 3.00 bits per heavy atom. The minimum absolute atomic E-state index is 0.230. The Morgan fingerprint density at radius 2 is 2.35 bits per heavy atom. The van der Waals surface area contributed by atoms with E-state index in [1.807, 2.05) is 13.0 Å². The van der Waals surface area contributed by atoms with Crippen LogP contribution in [0.4, 0.5) is 0 Å². The van der Waals surface area contributed by atoms with Crippen molar-refractivity contribution in [1.29, 1.82) is 0 Å². The van der Waals surface area contributed by atoms with E-state index in [0.717, 1.165) is 24.9 Å². The molecule has 1 aromatic rings. The van der Waals surface area contributed by atoms with Crippen LogP contribution >= 0.6 is 11.3 Å². The van der Waals surface area contributed by atoms with Crippen molar-refractivity contribution in [3.63, 3.8) is 0 Å². The molecule has 1 unspecified atom stereocenters. The highest BCUT2D eigenvalue weighted by atomic mass is 32.1. The first-order valence-electron chi connectivity index (χ1n) is 5.76. The Hall–Kier alpha value is -0.910. The highest BCUT2D eigenvalue weighted by molar-refractivity contribution is 7.12. The number of thiophene rings is 1. The highest BCUT2D eigenvalue weighted by Gasteiger charge is 2.10. The van der Waals surface area contributed by atoms with Crippen molar-refractivity contribution < 1.29 is 15.0 Å². The van der Waals surface area contributed by atoms with Crippen LogP contribution in [0.2, 0.25) is 0 Å². The largest absolute Gasteiger partial charge is 0.477 e. The van der Waals surface area contributed by atoms with Crippen LogP contribution in [0, 0.1) is 5.92 Å². The third-order valence-corrected chi connectivity index (χ3v) is 3.56. The Kier molecular flexibility index (Phi) is 6.18. The van der Waals surface area contributed by atoms with Gasteiger partial charge in [0.15, 0.2) is 0 Å². The lowest BCUT2D eigenvalue weighted by atomic mass is 10.1. The predicted molar refractivity (Wildman–Crippen MR) is 68.5 cm³/mol. The van der Waals surface area contributed by atoms with Gasteiger partial charge in [-0.1, -0.05) is 6.92 Å². The van der Waals surface area contributed by atoms with Crippen molar-refractivity contribution in [2.45, 2.75) is 26.3 Å². The standard InChI is InChI=1S/C12H19NO3S/c1-9(8-14)3-2-5-13-7-10-4-6-17-11(10)12(15)16/h4,6,9,13-14H,2-3,5,7-8H2,1H3,(H,15,16). The van der Waals surface area contributed by atoms with Gasteiger partial charge in [0.2, 0.25) is 0 Å². The van der Waals surface area contributed by atoms with Crippen LogP contribution < -0.4 is 5.32 Å². The third-order valence-electron chi connectivity index (χ3n) is 2.62. The van der Waals surface area contributed by atoms with Crippen molar-refractivity contribution in [3.05, 3.63) is 21.9 Å². The van der Waals surface area contributed by atoms with E-state index >= 15 is 0 Å². The predicted octanol–water partition coefficient (Wildman–Crippen LogP) is 1.94. The average Bonchev–Trinajstić information content (AvgIpc) is 2.76. The monoisotopic (exact) mass is 257 g/mol. The van der Waals surface area contributed by atoms with Gasteiger partial charge in [0.1, 0.15) is 4.88 Å². The number of aliphatic hydroxyl groups excluding tert-OH is 1. The molecule has 0 amide bonds. The maximum absolute atomic E-state index is 10.9. The van der Waals surface area contributed by atoms with Crippen molar-refractivity contribution in [1.82, 2.24) is 5.32 Å². The summed E-state index contributed by atoms with van der Waals surface area (Å²) in [6, 6.07) is 1.84. The summed E-state index contributed by atoms with van der Waals surface area (Å²) in [4.78, 5) is 11.3. The van der Waals surface area contributed by atoms with Crippen LogP contribution in [-0.2, 0) is 6.54 Å². The van der Waals surface area contributed by atoms with Crippen molar-refractivity contribution in [2.24, 2.45) is 5.92 Å². The van der Waals surface area contributed by atoms with Gasteiger partial charge >= 0.3 is 5.97 Å². The maximum Gasteiger partial charge on any atom is 0.346 e. The van der Waals surface area contributed by atoms with E-state index in [-0.39, 0.29) is 6.61 Å². The van der Waals surface area contributed by atoms with E-state index in [1.165, 1.54) is 11.3 Å². The minimum atomic E-state index is -0.856. The molecule has 1 rings (SSSR count). The smallest absolute Gasteiger partial charge is 0.346 e. The molecule has 0 aliphatic carbocycles. The number of nitrogens with one attached hydrogen (secondary N) is 1. The van der Waals surface area contributed by atoms with E-state index < -0.39 is 5.97 Å². The van der Waals surface area contributed by atoms with Gasteiger partial charge in [-0.2, -0.15) is 0 Å². The van der Waals surface area contributed by atoms with Crippen LogP contribution in [-0.4, -0.2) is 29.3 Å². The molecular weight excluding hydrogens is 238 g/mol. The van der Waals surface area contributed by atoms with Gasteiger partial charge < -0.3 is 15.5 Å². The Labute approximate surface area is 105 Å². The highest BCUT2D eigenvalue weighted by Crippen LogP contribution is 2.16. The second-order valence-electron chi connectivity index (χ2n) is 4.19. The number of rotatable bonds is 8. The van der Waals surface area contributed by atoms with Gasteiger partial charge in [-0.15, -0.1) is 11.3 Å². The number of carboxylic acids is 1. The molecule has 0 radical (unpaired) electrons. The number of carboxylic acid groups (broad SMARTS) is 1. The van der Waals surface area contributed by atoms with Gasteiger partial charge in [0.25, 0.3) is 0 Å². The minimum Gasteiger partial charge on any atom is -0.477 e. The van der Waals surface area contributed by atoms with Gasteiger partial charge in [0.05, 0.1) is 0 Å². The lowest BCUT2D eigenvalue weighted by Crippen LogP contribution is -2.17. The van der Waals surface area contributed by atoms with E-state index in [1.54, 1.807) is 5.38 Å². The van der Waals surface area contributed by atoms with Gasteiger partial charge in [-0.3, -0.25) is 0 Å². The third kappa shape index (κ3) is 4.85. The summed E-state index contributed by atoms with van der Waals surface area (Å²) in [6.45, 7) is 3.69. The molecule has 0 spiro atoms. The zero-order chi connectivity index (χ0) is 12.7. The van der Waals surface area contributed by atoms with Crippen molar-refractivity contribution in [2.75, 3.05) is 13.2 Å². The molecule has 0 saturated heterocycles. The molecule has 1 heterocycles. The van der Waals surface area contributed by atoms with Gasteiger partial charge in [-0.05, 0) is 42.3 Å². The Balaban J connectivity index is 2.22. The summed E-state index contributed by atoms with van der Waals surface area (Å²) in [5, 5.41) is 22.8. The second kappa shape index (κ2) is 7.42. The van der Waals surface area contributed by atoms with Crippen LogP contribution in [0.25, 0.3) is 0 Å². The van der Waals surface area contributed by atoms with Crippen LogP contribution in [0.5, 0.6) is 0 Å². The first kappa shape index (κ1) is 14.2. The Bertz CT molecular complexity index is 351. The van der Waals surface area contributed by atoms with E-state index in [4.69, 9.17) is 10.2 Å². The SMILES string of the molecule is CC(CO)CCCNCc1ccsc1C(=O)O. The quantitative estimate of drug-likeness (QED) is 0.623. The number of aromatic carboxylic acids is 1. The van der Waals surface area contributed by atoms with Crippen LogP contribution in [0.1, 0.15) is 35.0 Å². The zero-order valence-corrected chi connectivity index (χ0v) is 10.8. The first-order chi connectivity index (χ1) is 8.15. The van der Waals surface area contributed by atoms with Gasteiger partial charge in [0, 0.05) is 13.2 Å². The van der Waals surface area contributed by atoms with Gasteiger partial charge in [-0.25, -0.2) is 4.79 Å². The lowest BCUT2D eigenvalue weighted by Gasteiger charge is -2.08. The summed E-state index contributed by atoms with van der Waals surface area (Å²) in [6.07, 6.45) is 1.98. The summed E-state index contributed by atoms with van der Waals surface area (Å²) in [5.41, 5.74) is 0.845. The Morgan fingerprint density at radius 1 is 1.59 bits per heavy atom. The normalized spacial score (nSPS) is 12.6. The number of hydrogen-bond acceptors (Lipinski definition) is 4.